The van der Waals surface area contributed by atoms with E-state index in [1.807, 2.05) is 0 Å². The summed E-state index contributed by atoms with van der Waals surface area (Å²) in [4.78, 5) is 0. The highest BCUT2D eigenvalue weighted by atomic mass is 16.7. The van der Waals surface area contributed by atoms with Gasteiger partial charge in [0.1, 0.15) is 19.1 Å². The van der Waals surface area contributed by atoms with E-state index in [1.54, 1.807) is 0 Å². The smallest absolute Gasteiger partial charge is 0.148 e. The van der Waals surface area contributed by atoms with E-state index in [0.29, 0.717) is 13.5 Å². The first-order valence-electron chi connectivity index (χ1n) is 13.2. The van der Waals surface area contributed by atoms with Gasteiger partial charge in [-0.05, 0) is 17.4 Å². The van der Waals surface area contributed by atoms with Crippen molar-refractivity contribution in [3.8, 4) is 0 Å². The van der Waals surface area contributed by atoms with E-state index in [0.717, 1.165) is 19.2 Å². The molecule has 0 aliphatic carbocycles. The summed E-state index contributed by atoms with van der Waals surface area (Å²) >= 11 is 0. The van der Waals surface area contributed by atoms with E-state index in [-0.39, 0.29) is 0 Å². The van der Waals surface area contributed by atoms with Gasteiger partial charge in [0.15, 0.2) is 0 Å². The zero-order valence-electron chi connectivity index (χ0n) is 20.3. The van der Waals surface area contributed by atoms with Gasteiger partial charge in [-0.2, -0.15) is 0 Å². The Labute approximate surface area is 197 Å². The van der Waals surface area contributed by atoms with Gasteiger partial charge >= 0.3 is 0 Å². The monoisotopic (exact) mass is 434 g/mol. The van der Waals surface area contributed by atoms with Crippen molar-refractivity contribution in [1.82, 2.24) is 0 Å². The van der Waals surface area contributed by atoms with Crippen molar-refractivity contribution in [3.05, 3.63) is 71.8 Å². The second-order valence-corrected chi connectivity index (χ2v) is 9.56. The third-order valence-corrected chi connectivity index (χ3v) is 7.08. The van der Waals surface area contributed by atoms with Crippen molar-refractivity contribution < 1.29 is 9.47 Å². The molecule has 0 aromatic heterocycles. The fraction of sp³-hybridized carbons (Fsp3) is 0.586. The van der Waals surface area contributed by atoms with E-state index >= 15 is 0 Å². The topological polar surface area (TPSA) is 18.5 Å². The van der Waals surface area contributed by atoms with Gasteiger partial charge in [0.25, 0.3) is 0 Å². The first kappa shape index (κ1) is 25.1. The third-order valence-electron chi connectivity index (χ3n) is 7.08. The molecule has 0 radical (unpaired) electrons. The van der Waals surface area contributed by atoms with Gasteiger partial charge < -0.3 is 9.47 Å². The molecule has 0 amide bonds. The van der Waals surface area contributed by atoms with Gasteiger partial charge in [-0.3, -0.25) is 0 Å². The minimum atomic E-state index is -0.425. The van der Waals surface area contributed by atoms with E-state index in [9.17, 15) is 0 Å². The number of unbranched alkanes of at least 4 members (excludes halogenated alkanes) is 9. The summed E-state index contributed by atoms with van der Waals surface area (Å²) < 4.78 is 12.4. The number of hydrogen-bond donors (Lipinski definition) is 0. The van der Waals surface area contributed by atoms with Crippen LogP contribution < -0.4 is 0 Å². The van der Waals surface area contributed by atoms with Gasteiger partial charge in [0.2, 0.25) is 0 Å². The van der Waals surface area contributed by atoms with Gasteiger partial charge in [-0.1, -0.05) is 144 Å². The quantitative estimate of drug-likeness (QED) is 0.233. The molecule has 0 saturated carbocycles. The molecule has 0 spiro atoms. The number of rotatable bonds is 13. The third kappa shape index (κ3) is 7.78. The van der Waals surface area contributed by atoms with Crippen molar-refractivity contribution >= 4 is 6.71 Å². The summed E-state index contributed by atoms with van der Waals surface area (Å²) in [5, 5.41) is 0. The minimum Gasteiger partial charge on any atom is -0.356 e. The molecule has 0 N–H and O–H groups in total. The van der Waals surface area contributed by atoms with Crippen molar-refractivity contribution in [2.45, 2.75) is 95.7 Å². The molecule has 32 heavy (non-hydrogen) atoms. The van der Waals surface area contributed by atoms with Crippen LogP contribution in [-0.2, 0) is 15.1 Å². The number of ether oxygens (including phenoxy) is 2. The summed E-state index contributed by atoms with van der Waals surface area (Å²) in [6.45, 7) is 4.07. The Morgan fingerprint density at radius 2 is 1.25 bits per heavy atom. The lowest BCUT2D eigenvalue weighted by Crippen LogP contribution is -2.39. The van der Waals surface area contributed by atoms with Crippen LogP contribution in [0.15, 0.2) is 60.7 Å². The molecular formula is C29H43BO2. The van der Waals surface area contributed by atoms with Gasteiger partial charge in [-0.15, -0.1) is 0 Å². The molecule has 0 unspecified atom stereocenters. The molecule has 0 atom stereocenters. The Morgan fingerprint density at radius 1 is 0.719 bits per heavy atom. The van der Waals surface area contributed by atoms with Crippen LogP contribution in [0.5, 0.6) is 0 Å². The zero-order valence-corrected chi connectivity index (χ0v) is 20.3. The predicted molar refractivity (Wildman–Crippen MR) is 138 cm³/mol. The van der Waals surface area contributed by atoms with Crippen molar-refractivity contribution in [2.75, 3.05) is 13.4 Å². The Kier molecular flexibility index (Phi) is 11.4. The van der Waals surface area contributed by atoms with Crippen LogP contribution in [-0.4, -0.2) is 20.1 Å². The Morgan fingerprint density at radius 3 is 1.81 bits per heavy atom. The van der Waals surface area contributed by atoms with Crippen molar-refractivity contribution in [1.29, 1.82) is 0 Å². The molecule has 2 nitrogen and oxygen atoms in total. The lowest BCUT2D eigenvalue weighted by atomic mass is 9.39. The second-order valence-electron chi connectivity index (χ2n) is 9.56. The molecule has 1 fully saturated rings. The lowest BCUT2D eigenvalue weighted by molar-refractivity contribution is -0.123. The van der Waals surface area contributed by atoms with Crippen LogP contribution >= 0.6 is 0 Å². The van der Waals surface area contributed by atoms with E-state index in [1.165, 1.54) is 81.7 Å². The average Bonchev–Trinajstić information content (AvgIpc) is 2.83. The standard InChI is InChI=1S/C29H43BO2/c1-2-3-4-5-6-7-8-9-10-17-22-30-23-24-31-26-32-29(25-30,27-18-13-11-14-19-27)28-20-15-12-16-21-28/h11-16,18-21H,2-10,17,22-26H2,1H3. The highest BCUT2D eigenvalue weighted by molar-refractivity contribution is 6.59. The molecule has 1 saturated heterocycles. The highest BCUT2D eigenvalue weighted by Crippen LogP contribution is 2.41. The fourth-order valence-electron chi connectivity index (χ4n) is 5.17. The normalized spacial score (nSPS) is 16.5. The van der Waals surface area contributed by atoms with E-state index in [2.05, 4.69) is 67.6 Å². The number of benzene rings is 2. The number of hydrogen-bond acceptors (Lipinski definition) is 2. The van der Waals surface area contributed by atoms with Crippen LogP contribution in [0, 0.1) is 0 Å². The largest absolute Gasteiger partial charge is 0.356 e. The molecule has 3 heteroatoms. The molecule has 1 aliphatic rings. The van der Waals surface area contributed by atoms with E-state index < -0.39 is 5.60 Å². The first-order chi connectivity index (χ1) is 15.8. The lowest BCUT2D eigenvalue weighted by Gasteiger charge is -2.38. The molecule has 0 bridgehead atoms. The molecule has 2 aromatic carbocycles. The van der Waals surface area contributed by atoms with E-state index in [4.69, 9.17) is 9.47 Å². The Hall–Kier alpha value is -1.58. The molecule has 174 valence electrons. The van der Waals surface area contributed by atoms with Crippen molar-refractivity contribution in [3.63, 3.8) is 0 Å². The molecule has 2 aromatic rings. The SMILES string of the molecule is CCCCCCCCCCCCB1CCOCOC(c2ccccc2)(c2ccccc2)C1. The van der Waals surface area contributed by atoms with Crippen LogP contribution in [0.3, 0.4) is 0 Å². The molecule has 1 heterocycles. The molecular weight excluding hydrogens is 391 g/mol. The molecule has 3 rings (SSSR count). The van der Waals surface area contributed by atoms with Crippen LogP contribution in [0.1, 0.15) is 82.3 Å². The maximum atomic E-state index is 6.55. The Balaban J connectivity index is 1.55. The fourth-order valence-corrected chi connectivity index (χ4v) is 5.17. The van der Waals surface area contributed by atoms with Crippen LogP contribution in [0.4, 0.5) is 0 Å². The van der Waals surface area contributed by atoms with Gasteiger partial charge in [0.05, 0.1) is 0 Å². The zero-order chi connectivity index (χ0) is 22.3. The summed E-state index contributed by atoms with van der Waals surface area (Å²) in [5.41, 5.74) is 2.06. The van der Waals surface area contributed by atoms with Crippen LogP contribution in [0.2, 0.25) is 19.0 Å². The van der Waals surface area contributed by atoms with Crippen molar-refractivity contribution in [2.24, 2.45) is 0 Å². The van der Waals surface area contributed by atoms with Gasteiger partial charge in [-0.25, -0.2) is 0 Å². The average molecular weight is 434 g/mol. The molecule has 1 aliphatic heterocycles. The maximum absolute atomic E-state index is 6.55. The summed E-state index contributed by atoms with van der Waals surface area (Å²) in [6, 6.07) is 21.5. The van der Waals surface area contributed by atoms with Gasteiger partial charge in [0, 0.05) is 6.61 Å². The highest BCUT2D eigenvalue weighted by Gasteiger charge is 2.39. The van der Waals surface area contributed by atoms with Crippen LogP contribution in [0.25, 0.3) is 0 Å². The Bertz CT molecular complexity index is 679. The summed E-state index contributed by atoms with van der Waals surface area (Å²) in [7, 11) is 0. The minimum absolute atomic E-state index is 0.356. The first-order valence-corrected chi connectivity index (χ1v) is 13.2. The predicted octanol–water partition coefficient (Wildman–Crippen LogP) is 8.35. The maximum Gasteiger partial charge on any atom is 0.148 e. The second kappa shape index (κ2) is 14.5. The summed E-state index contributed by atoms with van der Waals surface area (Å²) in [6.07, 6.45) is 17.3. The summed E-state index contributed by atoms with van der Waals surface area (Å²) in [5.74, 6) is 0.